The number of nitrogens with one attached hydrogen (secondary N) is 1. The molecule has 23 heavy (non-hydrogen) atoms. The van der Waals surface area contributed by atoms with Gasteiger partial charge in [-0.3, -0.25) is 14.2 Å². The van der Waals surface area contributed by atoms with Gasteiger partial charge < -0.3 is 10.1 Å². The Kier molecular flexibility index (Phi) is 4.30. The van der Waals surface area contributed by atoms with Gasteiger partial charge in [-0.15, -0.1) is 0 Å². The average molecular weight is 318 g/mol. The van der Waals surface area contributed by atoms with Gasteiger partial charge in [-0.1, -0.05) is 0 Å². The fourth-order valence-electron chi connectivity index (χ4n) is 2.68. The van der Waals surface area contributed by atoms with Crippen molar-refractivity contribution in [3.8, 4) is 6.07 Å². The fourth-order valence-corrected chi connectivity index (χ4v) is 2.68. The Hall–Kier alpha value is -2.40. The van der Waals surface area contributed by atoms with Crippen molar-refractivity contribution in [1.29, 1.82) is 5.26 Å². The third-order valence-electron chi connectivity index (χ3n) is 4.11. The van der Waals surface area contributed by atoms with E-state index in [-0.39, 0.29) is 24.3 Å². The van der Waals surface area contributed by atoms with Crippen molar-refractivity contribution in [3.05, 3.63) is 32.6 Å². The molecule has 1 aromatic heterocycles. The summed E-state index contributed by atoms with van der Waals surface area (Å²) in [5, 5.41) is 11.7. The smallest absolute Gasteiger partial charge is 0.331 e. The largest absolute Gasteiger partial charge is 0.376 e. The first kappa shape index (κ1) is 15.5. The van der Waals surface area contributed by atoms with Crippen LogP contribution in [0.5, 0.6) is 0 Å². The molecule has 0 unspecified atom stereocenters. The maximum atomic E-state index is 12.3. The van der Waals surface area contributed by atoms with Crippen LogP contribution in [-0.4, -0.2) is 34.3 Å². The number of ether oxygens (including phenoxy) is 1. The van der Waals surface area contributed by atoms with Gasteiger partial charge >= 0.3 is 5.69 Å². The molecule has 8 heteroatoms. The molecule has 1 atom stereocenters. The van der Waals surface area contributed by atoms with E-state index >= 15 is 0 Å². The molecule has 2 aliphatic rings. The molecule has 1 aliphatic carbocycles. The van der Waals surface area contributed by atoms with Gasteiger partial charge in [0.15, 0.2) is 0 Å². The van der Waals surface area contributed by atoms with Gasteiger partial charge in [0.1, 0.15) is 18.2 Å². The van der Waals surface area contributed by atoms with Gasteiger partial charge in [-0.05, 0) is 25.7 Å². The number of nitriles is 1. The molecule has 122 valence electrons. The second-order valence-corrected chi connectivity index (χ2v) is 5.91. The lowest BCUT2D eigenvalue weighted by molar-refractivity contribution is -0.122. The van der Waals surface area contributed by atoms with Gasteiger partial charge in [0, 0.05) is 25.4 Å². The van der Waals surface area contributed by atoms with Crippen LogP contribution in [0.15, 0.2) is 15.8 Å². The minimum atomic E-state index is -0.721. The highest BCUT2D eigenvalue weighted by Crippen LogP contribution is 2.33. The van der Waals surface area contributed by atoms with E-state index in [1.165, 1.54) is 10.8 Å². The highest BCUT2D eigenvalue weighted by Gasteiger charge is 2.27. The number of rotatable bonds is 5. The molecule has 1 aliphatic heterocycles. The van der Waals surface area contributed by atoms with Crippen LogP contribution >= 0.6 is 0 Å². The molecule has 0 aromatic carbocycles. The van der Waals surface area contributed by atoms with E-state index in [1.807, 2.05) is 0 Å². The Balaban J connectivity index is 1.77. The van der Waals surface area contributed by atoms with E-state index in [0.29, 0.717) is 13.2 Å². The normalized spacial score (nSPS) is 20.2. The predicted octanol–water partition coefficient (Wildman–Crippen LogP) is -0.488. The molecule has 1 amide bonds. The number of hydrogen-bond donors (Lipinski definition) is 1. The lowest BCUT2D eigenvalue weighted by Gasteiger charge is -2.12. The van der Waals surface area contributed by atoms with E-state index in [1.54, 1.807) is 6.07 Å². The van der Waals surface area contributed by atoms with Gasteiger partial charge in [0.25, 0.3) is 5.56 Å². The molecule has 0 radical (unpaired) electrons. The third kappa shape index (κ3) is 3.35. The summed E-state index contributed by atoms with van der Waals surface area (Å²) in [4.78, 5) is 36.5. The zero-order chi connectivity index (χ0) is 16.4. The fraction of sp³-hybridized carbons (Fsp3) is 0.600. The van der Waals surface area contributed by atoms with Crippen molar-refractivity contribution in [3.63, 3.8) is 0 Å². The monoisotopic (exact) mass is 318 g/mol. The van der Waals surface area contributed by atoms with Crippen LogP contribution in [0.1, 0.15) is 37.3 Å². The summed E-state index contributed by atoms with van der Waals surface area (Å²) >= 11 is 0. The molecule has 0 bridgehead atoms. The van der Waals surface area contributed by atoms with Crippen molar-refractivity contribution >= 4 is 5.91 Å². The second-order valence-electron chi connectivity index (χ2n) is 5.91. The quantitative estimate of drug-likeness (QED) is 0.788. The van der Waals surface area contributed by atoms with Crippen LogP contribution in [-0.2, 0) is 16.1 Å². The molecular weight excluding hydrogens is 300 g/mol. The lowest BCUT2D eigenvalue weighted by atomic mass is 10.2. The van der Waals surface area contributed by atoms with Crippen LogP contribution in [0.4, 0.5) is 0 Å². The molecule has 1 aromatic rings. The van der Waals surface area contributed by atoms with E-state index < -0.39 is 17.2 Å². The van der Waals surface area contributed by atoms with Crippen molar-refractivity contribution in [2.75, 3.05) is 13.2 Å². The Morgan fingerprint density at radius 3 is 2.78 bits per heavy atom. The molecule has 1 saturated carbocycles. The first-order valence-corrected chi connectivity index (χ1v) is 7.74. The summed E-state index contributed by atoms with van der Waals surface area (Å²) in [6, 6.07) is 1.82. The number of hydrogen-bond acceptors (Lipinski definition) is 5. The van der Waals surface area contributed by atoms with Crippen LogP contribution < -0.4 is 16.6 Å². The number of nitrogens with zero attached hydrogens (tertiary/aromatic N) is 3. The summed E-state index contributed by atoms with van der Waals surface area (Å²) in [5.74, 6) is -0.433. The molecule has 2 fully saturated rings. The maximum absolute atomic E-state index is 12.3. The van der Waals surface area contributed by atoms with Gasteiger partial charge in [-0.2, -0.15) is 5.26 Å². The van der Waals surface area contributed by atoms with Crippen molar-refractivity contribution in [2.45, 2.75) is 44.4 Å². The Bertz CT molecular complexity index is 763. The van der Waals surface area contributed by atoms with Crippen molar-refractivity contribution in [2.24, 2.45) is 0 Å². The van der Waals surface area contributed by atoms with Crippen LogP contribution in [0, 0.1) is 11.3 Å². The number of aromatic nitrogens is 2. The molecular formula is C15H18N4O4. The van der Waals surface area contributed by atoms with Gasteiger partial charge in [0.05, 0.1) is 6.10 Å². The molecule has 1 saturated heterocycles. The van der Waals surface area contributed by atoms with Crippen LogP contribution in [0.2, 0.25) is 0 Å². The zero-order valence-corrected chi connectivity index (χ0v) is 12.7. The van der Waals surface area contributed by atoms with Crippen molar-refractivity contribution in [1.82, 2.24) is 14.5 Å². The summed E-state index contributed by atoms with van der Waals surface area (Å²) in [6.07, 6.45) is 4.82. The molecule has 1 N–H and O–H groups in total. The predicted molar refractivity (Wildman–Crippen MR) is 79.9 cm³/mol. The maximum Gasteiger partial charge on any atom is 0.331 e. The summed E-state index contributed by atoms with van der Waals surface area (Å²) in [6.45, 7) is 0.672. The average Bonchev–Trinajstić information content (AvgIpc) is 3.25. The highest BCUT2D eigenvalue weighted by molar-refractivity contribution is 5.75. The number of carbonyl (C=O) groups excluding carboxylic acids is 1. The summed E-state index contributed by atoms with van der Waals surface area (Å²) < 4.78 is 7.62. The lowest BCUT2D eigenvalue weighted by Crippen LogP contribution is -2.45. The SMILES string of the molecule is N#Cc1cn(C2CC2)c(=O)n(CC(=O)NC[C@@H]2CCCO2)c1=O. The third-order valence-corrected chi connectivity index (χ3v) is 4.11. The molecule has 3 rings (SSSR count). The van der Waals surface area contributed by atoms with Gasteiger partial charge in [0.2, 0.25) is 5.91 Å². The molecule has 0 spiro atoms. The second kappa shape index (κ2) is 6.38. The van der Waals surface area contributed by atoms with E-state index in [9.17, 15) is 14.4 Å². The van der Waals surface area contributed by atoms with Crippen LogP contribution in [0.3, 0.4) is 0 Å². The van der Waals surface area contributed by atoms with Gasteiger partial charge in [-0.25, -0.2) is 9.36 Å². The summed E-state index contributed by atoms with van der Waals surface area (Å²) in [5.41, 5.74) is -1.38. The Morgan fingerprint density at radius 1 is 1.39 bits per heavy atom. The highest BCUT2D eigenvalue weighted by atomic mass is 16.5. The Labute approximate surface area is 132 Å². The van der Waals surface area contributed by atoms with E-state index in [0.717, 1.165) is 30.3 Å². The molecule has 8 nitrogen and oxygen atoms in total. The van der Waals surface area contributed by atoms with E-state index in [4.69, 9.17) is 10.00 Å². The minimum absolute atomic E-state index is 0.00997. The minimum Gasteiger partial charge on any atom is -0.376 e. The van der Waals surface area contributed by atoms with Crippen molar-refractivity contribution < 1.29 is 9.53 Å². The van der Waals surface area contributed by atoms with Crippen LogP contribution in [0.25, 0.3) is 0 Å². The zero-order valence-electron chi connectivity index (χ0n) is 12.7. The topological polar surface area (TPSA) is 106 Å². The standard InChI is InChI=1S/C15H18N4O4/c16-6-10-8-18(11-3-4-11)15(22)19(14(10)21)9-13(20)17-7-12-2-1-5-23-12/h8,11-12H,1-5,7,9H2,(H,17,20)/t12-/m0/s1. The Morgan fingerprint density at radius 2 is 2.17 bits per heavy atom. The number of carbonyl (C=O) groups is 1. The first-order chi connectivity index (χ1) is 11.1. The molecule has 2 heterocycles. The number of amides is 1. The van der Waals surface area contributed by atoms with E-state index in [2.05, 4.69) is 5.32 Å². The summed E-state index contributed by atoms with van der Waals surface area (Å²) in [7, 11) is 0. The first-order valence-electron chi connectivity index (χ1n) is 7.74.